The lowest BCUT2D eigenvalue weighted by atomic mass is 10.2. The zero-order valence-electron chi connectivity index (χ0n) is 16.0. The number of ether oxygens (including phenoxy) is 3. The van der Waals surface area contributed by atoms with Crippen LogP contribution in [0.15, 0.2) is 23.2 Å². The minimum absolute atomic E-state index is 0. The van der Waals surface area contributed by atoms with Gasteiger partial charge in [0.15, 0.2) is 17.5 Å². The van der Waals surface area contributed by atoms with Gasteiger partial charge in [0.05, 0.1) is 13.2 Å². The van der Waals surface area contributed by atoms with E-state index in [9.17, 15) is 0 Å². The summed E-state index contributed by atoms with van der Waals surface area (Å²) >= 11 is 0. The predicted octanol–water partition coefficient (Wildman–Crippen LogP) is 3.91. The zero-order chi connectivity index (χ0) is 17.9. The molecular formula is C19H32IN3O3. The second-order valence-corrected chi connectivity index (χ2v) is 6.42. The number of rotatable bonds is 8. The van der Waals surface area contributed by atoms with Crippen LogP contribution >= 0.6 is 24.0 Å². The number of nitrogens with one attached hydrogen (secondary N) is 2. The van der Waals surface area contributed by atoms with Gasteiger partial charge in [-0.05, 0) is 31.4 Å². The van der Waals surface area contributed by atoms with Crippen LogP contribution in [0.5, 0.6) is 11.5 Å². The summed E-state index contributed by atoms with van der Waals surface area (Å²) < 4.78 is 17.0. The number of benzene rings is 1. The number of nitrogens with zero attached hydrogens (tertiary/aromatic N) is 1. The molecule has 148 valence electrons. The largest absolute Gasteiger partial charge is 0.490 e. The highest BCUT2D eigenvalue weighted by Gasteiger charge is 2.11. The third-order valence-electron chi connectivity index (χ3n) is 3.52. The second-order valence-electron chi connectivity index (χ2n) is 6.42. The van der Waals surface area contributed by atoms with E-state index in [1.54, 1.807) is 0 Å². The molecule has 26 heavy (non-hydrogen) atoms. The first-order chi connectivity index (χ1) is 12.2. The Labute approximate surface area is 174 Å². The molecule has 6 nitrogen and oxygen atoms in total. The van der Waals surface area contributed by atoms with Crippen molar-refractivity contribution in [3.8, 4) is 11.5 Å². The van der Waals surface area contributed by atoms with Gasteiger partial charge < -0.3 is 24.8 Å². The molecule has 0 bridgehead atoms. The van der Waals surface area contributed by atoms with Gasteiger partial charge in [-0.15, -0.1) is 24.0 Å². The lowest BCUT2D eigenvalue weighted by molar-refractivity contribution is 0.109. The predicted molar refractivity (Wildman–Crippen MR) is 117 cm³/mol. The van der Waals surface area contributed by atoms with Gasteiger partial charge in [0, 0.05) is 44.5 Å². The van der Waals surface area contributed by atoms with Crippen LogP contribution in [0.4, 0.5) is 5.69 Å². The van der Waals surface area contributed by atoms with Crippen LogP contribution in [0.3, 0.4) is 0 Å². The maximum atomic E-state index is 5.73. The summed E-state index contributed by atoms with van der Waals surface area (Å²) in [4.78, 5) is 4.60. The Hall–Kier alpha value is -1.22. The monoisotopic (exact) mass is 477 g/mol. The van der Waals surface area contributed by atoms with E-state index in [1.165, 1.54) is 0 Å². The molecule has 1 aromatic carbocycles. The average molecular weight is 477 g/mol. The molecule has 0 radical (unpaired) electrons. The maximum Gasteiger partial charge on any atom is 0.195 e. The van der Waals surface area contributed by atoms with Gasteiger partial charge in [-0.25, -0.2) is 0 Å². The molecule has 0 amide bonds. The average Bonchev–Trinajstić information content (AvgIpc) is 2.82. The molecule has 1 aromatic rings. The number of fused-ring (bicyclic) bond motifs is 1. The van der Waals surface area contributed by atoms with E-state index in [-0.39, 0.29) is 24.0 Å². The van der Waals surface area contributed by atoms with Gasteiger partial charge >= 0.3 is 0 Å². The van der Waals surface area contributed by atoms with E-state index in [4.69, 9.17) is 14.2 Å². The van der Waals surface area contributed by atoms with Crippen molar-refractivity contribution in [3.63, 3.8) is 0 Å². The van der Waals surface area contributed by atoms with Crippen molar-refractivity contribution in [1.82, 2.24) is 5.32 Å². The molecule has 0 aromatic heterocycles. The fourth-order valence-electron chi connectivity index (χ4n) is 2.36. The number of hydrogen-bond donors (Lipinski definition) is 2. The molecule has 0 spiro atoms. The summed E-state index contributed by atoms with van der Waals surface area (Å²) in [5.41, 5.74) is 0.931. The molecular weight excluding hydrogens is 445 g/mol. The van der Waals surface area contributed by atoms with Gasteiger partial charge in [-0.3, -0.25) is 4.99 Å². The summed E-state index contributed by atoms with van der Waals surface area (Å²) in [7, 11) is 0. The van der Waals surface area contributed by atoms with Crippen molar-refractivity contribution in [2.24, 2.45) is 10.9 Å². The summed E-state index contributed by atoms with van der Waals surface area (Å²) in [6, 6.07) is 5.87. The number of guanidine groups is 1. The Kier molecular flexibility index (Phi) is 11.4. The highest BCUT2D eigenvalue weighted by molar-refractivity contribution is 14.0. The molecule has 1 aliphatic rings. The van der Waals surface area contributed by atoms with Crippen molar-refractivity contribution in [3.05, 3.63) is 18.2 Å². The summed E-state index contributed by atoms with van der Waals surface area (Å²) in [6.07, 6.45) is 1.81. The summed E-state index contributed by atoms with van der Waals surface area (Å²) in [5, 5.41) is 6.58. The van der Waals surface area contributed by atoms with E-state index in [0.717, 1.165) is 62.3 Å². The fraction of sp³-hybridized carbons (Fsp3) is 0.632. The number of halogens is 1. The molecule has 0 fully saturated rings. The lowest BCUT2D eigenvalue weighted by Crippen LogP contribution is -2.30. The van der Waals surface area contributed by atoms with Crippen molar-refractivity contribution >= 4 is 35.6 Å². The Balaban J connectivity index is 0.00000338. The van der Waals surface area contributed by atoms with Gasteiger partial charge in [-0.2, -0.15) is 0 Å². The Morgan fingerprint density at radius 2 is 2.00 bits per heavy atom. The summed E-state index contributed by atoms with van der Waals surface area (Å²) in [6.45, 7) is 10.8. The molecule has 2 rings (SSSR count). The highest BCUT2D eigenvalue weighted by atomic mass is 127. The van der Waals surface area contributed by atoms with Crippen molar-refractivity contribution < 1.29 is 14.2 Å². The normalized spacial score (nSPS) is 13.8. The quantitative estimate of drug-likeness (QED) is 0.257. The fourth-order valence-corrected chi connectivity index (χ4v) is 2.36. The molecule has 1 heterocycles. The minimum Gasteiger partial charge on any atom is -0.490 e. The SMILES string of the molecule is CCNC(=NCCCOCC(C)C)Nc1ccc2c(c1)OCCCO2.I. The standard InChI is InChI=1S/C19H31N3O3.HI/c1-4-20-19(21-9-5-10-23-14-15(2)3)22-16-7-8-17-18(13-16)25-12-6-11-24-17;/h7-8,13,15H,4-6,9-12,14H2,1-3H3,(H2,20,21,22);1H. The molecule has 0 aliphatic carbocycles. The second kappa shape index (κ2) is 13.0. The van der Waals surface area contributed by atoms with Crippen molar-refractivity contribution in [2.75, 3.05) is 44.8 Å². The van der Waals surface area contributed by atoms with Crippen molar-refractivity contribution in [2.45, 2.75) is 33.6 Å². The molecule has 0 atom stereocenters. The van der Waals surface area contributed by atoms with Crippen molar-refractivity contribution in [1.29, 1.82) is 0 Å². The minimum atomic E-state index is 0. The van der Waals surface area contributed by atoms with E-state index < -0.39 is 0 Å². The smallest absolute Gasteiger partial charge is 0.195 e. The number of anilines is 1. The van der Waals surface area contributed by atoms with Gasteiger partial charge in [-0.1, -0.05) is 13.8 Å². The van der Waals surface area contributed by atoms with Crippen LogP contribution in [0, 0.1) is 5.92 Å². The topological polar surface area (TPSA) is 64.1 Å². The first kappa shape index (κ1) is 22.8. The third kappa shape index (κ3) is 8.44. The van der Waals surface area contributed by atoms with E-state index >= 15 is 0 Å². The van der Waals surface area contributed by atoms with Crippen LogP contribution in [-0.2, 0) is 4.74 Å². The van der Waals surface area contributed by atoms with Crippen LogP contribution in [0.1, 0.15) is 33.6 Å². The Morgan fingerprint density at radius 1 is 1.23 bits per heavy atom. The highest BCUT2D eigenvalue weighted by Crippen LogP contribution is 2.32. The van der Waals surface area contributed by atoms with Crippen LogP contribution in [0.2, 0.25) is 0 Å². The van der Waals surface area contributed by atoms with E-state index in [2.05, 4.69) is 36.4 Å². The van der Waals surface area contributed by atoms with Crippen LogP contribution < -0.4 is 20.1 Å². The molecule has 0 unspecified atom stereocenters. The molecule has 7 heteroatoms. The van der Waals surface area contributed by atoms with E-state index in [0.29, 0.717) is 19.1 Å². The van der Waals surface area contributed by atoms with Gasteiger partial charge in [0.2, 0.25) is 0 Å². The maximum absolute atomic E-state index is 5.73. The van der Waals surface area contributed by atoms with Crippen LogP contribution in [-0.4, -0.2) is 45.5 Å². The number of hydrogen-bond acceptors (Lipinski definition) is 4. The summed E-state index contributed by atoms with van der Waals surface area (Å²) in [5.74, 6) is 2.91. The van der Waals surface area contributed by atoms with Gasteiger partial charge in [0.1, 0.15) is 0 Å². The zero-order valence-corrected chi connectivity index (χ0v) is 18.4. The van der Waals surface area contributed by atoms with Crippen LogP contribution in [0.25, 0.3) is 0 Å². The van der Waals surface area contributed by atoms with E-state index in [1.807, 2.05) is 18.2 Å². The first-order valence-corrected chi connectivity index (χ1v) is 9.21. The molecule has 1 aliphatic heterocycles. The lowest BCUT2D eigenvalue weighted by Gasteiger charge is -2.14. The first-order valence-electron chi connectivity index (χ1n) is 9.21. The third-order valence-corrected chi connectivity index (χ3v) is 3.52. The molecule has 0 saturated carbocycles. The molecule has 2 N–H and O–H groups in total. The Bertz CT molecular complexity index is 553. The molecule has 0 saturated heterocycles. The Morgan fingerprint density at radius 3 is 2.73 bits per heavy atom. The number of aliphatic imine (C=N–C) groups is 1. The van der Waals surface area contributed by atoms with Gasteiger partial charge in [0.25, 0.3) is 0 Å².